The Balaban J connectivity index is 1.50. The van der Waals surface area contributed by atoms with Crippen LogP contribution in [0.25, 0.3) is 11.3 Å². The number of amides is 1. The highest BCUT2D eigenvalue weighted by Gasteiger charge is 2.35. The summed E-state index contributed by atoms with van der Waals surface area (Å²) in [6.07, 6.45) is 10.4. The van der Waals surface area contributed by atoms with Gasteiger partial charge in [0.15, 0.2) is 0 Å². The highest BCUT2D eigenvalue weighted by Crippen LogP contribution is 2.33. The van der Waals surface area contributed by atoms with E-state index in [1.165, 1.54) is 0 Å². The van der Waals surface area contributed by atoms with Gasteiger partial charge in [0.1, 0.15) is 0 Å². The van der Waals surface area contributed by atoms with Gasteiger partial charge in [0.2, 0.25) is 0 Å². The fourth-order valence-electron chi connectivity index (χ4n) is 3.78. The molecule has 0 spiro atoms. The molecule has 2 aliphatic rings. The summed E-state index contributed by atoms with van der Waals surface area (Å²) in [7, 11) is 1.97. The third-order valence-electron chi connectivity index (χ3n) is 5.15. The second kappa shape index (κ2) is 5.69. The smallest absolute Gasteiger partial charge is 0.253 e. The van der Waals surface area contributed by atoms with Gasteiger partial charge in [-0.05, 0) is 42.4 Å². The third kappa shape index (κ3) is 2.58. The maximum absolute atomic E-state index is 12.7. The van der Waals surface area contributed by atoms with Crippen LogP contribution in [0.2, 0.25) is 0 Å². The van der Waals surface area contributed by atoms with E-state index in [0.29, 0.717) is 11.8 Å². The molecule has 1 aliphatic carbocycles. The van der Waals surface area contributed by atoms with E-state index in [-0.39, 0.29) is 5.91 Å². The van der Waals surface area contributed by atoms with Crippen molar-refractivity contribution in [1.29, 1.82) is 0 Å². The largest absolute Gasteiger partial charge is 0.338 e. The first-order valence-corrected chi connectivity index (χ1v) is 8.23. The second-order valence-electron chi connectivity index (χ2n) is 6.64. The maximum Gasteiger partial charge on any atom is 0.253 e. The molecule has 0 unspecified atom stereocenters. The molecule has 1 aliphatic heterocycles. The van der Waals surface area contributed by atoms with Gasteiger partial charge in [-0.2, -0.15) is 0 Å². The van der Waals surface area contributed by atoms with Crippen molar-refractivity contribution in [2.75, 3.05) is 13.1 Å². The Bertz CT molecular complexity index is 728. The molecule has 2 atom stereocenters. The van der Waals surface area contributed by atoms with Gasteiger partial charge >= 0.3 is 0 Å². The summed E-state index contributed by atoms with van der Waals surface area (Å²) >= 11 is 0. The average molecular weight is 307 g/mol. The van der Waals surface area contributed by atoms with Crippen LogP contribution in [0.5, 0.6) is 0 Å². The predicted octanol–water partition coefficient (Wildman–Crippen LogP) is 3.13. The Morgan fingerprint density at radius 2 is 1.74 bits per heavy atom. The van der Waals surface area contributed by atoms with Gasteiger partial charge < -0.3 is 9.47 Å². The number of likely N-dealkylation sites (tertiary alicyclic amines) is 1. The Kier molecular flexibility index (Phi) is 3.52. The number of allylic oxidation sites excluding steroid dienone is 2. The van der Waals surface area contributed by atoms with E-state index >= 15 is 0 Å². The van der Waals surface area contributed by atoms with E-state index in [1.807, 2.05) is 47.0 Å². The number of aromatic nitrogens is 2. The Labute approximate surface area is 136 Å². The standard InChI is InChI=1S/C19H21N3O/c1-21-13-20-10-18(21)14-6-8-15(9-7-14)19(23)22-11-16-4-2-3-5-17(16)12-22/h2-3,6-10,13,16-17H,4-5,11-12H2,1H3/t16-,17+. The van der Waals surface area contributed by atoms with Crippen LogP contribution < -0.4 is 0 Å². The van der Waals surface area contributed by atoms with Gasteiger partial charge in [-0.3, -0.25) is 4.79 Å². The SMILES string of the molecule is Cn1cncc1-c1ccc(C(=O)N2C[C@H]3CC=CC[C@H]3C2)cc1. The number of benzene rings is 1. The molecule has 0 radical (unpaired) electrons. The zero-order chi connectivity index (χ0) is 15.8. The number of carbonyl (C=O) groups excluding carboxylic acids is 1. The summed E-state index contributed by atoms with van der Waals surface area (Å²) < 4.78 is 1.98. The van der Waals surface area contributed by atoms with Crippen molar-refractivity contribution in [2.24, 2.45) is 18.9 Å². The molecule has 118 valence electrons. The molecule has 1 amide bonds. The topological polar surface area (TPSA) is 38.1 Å². The number of hydrogen-bond acceptors (Lipinski definition) is 2. The number of imidazole rings is 1. The Hall–Kier alpha value is -2.36. The molecule has 1 saturated heterocycles. The Morgan fingerprint density at radius 1 is 1.09 bits per heavy atom. The molecule has 0 N–H and O–H groups in total. The van der Waals surface area contributed by atoms with E-state index in [4.69, 9.17) is 0 Å². The van der Waals surface area contributed by atoms with Crippen LogP contribution in [0, 0.1) is 11.8 Å². The lowest BCUT2D eigenvalue weighted by molar-refractivity contribution is 0.0784. The number of aryl methyl sites for hydroxylation is 1. The quantitative estimate of drug-likeness (QED) is 0.800. The molecule has 4 rings (SSSR count). The summed E-state index contributed by atoms with van der Waals surface area (Å²) in [5.74, 6) is 1.46. The molecule has 1 aromatic heterocycles. The van der Waals surface area contributed by atoms with Crippen molar-refractivity contribution < 1.29 is 4.79 Å². The van der Waals surface area contributed by atoms with Crippen LogP contribution in [-0.2, 0) is 7.05 Å². The van der Waals surface area contributed by atoms with Crippen LogP contribution >= 0.6 is 0 Å². The number of rotatable bonds is 2. The molecular weight excluding hydrogens is 286 g/mol. The van der Waals surface area contributed by atoms with Crippen molar-refractivity contribution in [2.45, 2.75) is 12.8 Å². The third-order valence-corrected chi connectivity index (χ3v) is 5.15. The summed E-state index contributed by atoms with van der Waals surface area (Å²) in [4.78, 5) is 18.9. The minimum atomic E-state index is 0.163. The van der Waals surface area contributed by atoms with E-state index in [2.05, 4.69) is 17.1 Å². The van der Waals surface area contributed by atoms with E-state index in [9.17, 15) is 4.79 Å². The van der Waals surface area contributed by atoms with Gasteiger partial charge in [-0.1, -0.05) is 24.3 Å². The number of carbonyl (C=O) groups is 1. The van der Waals surface area contributed by atoms with Crippen molar-refractivity contribution in [3.8, 4) is 11.3 Å². The lowest BCUT2D eigenvalue weighted by Crippen LogP contribution is -2.28. The molecule has 2 heterocycles. The first-order valence-electron chi connectivity index (χ1n) is 8.23. The van der Waals surface area contributed by atoms with Gasteiger partial charge in [0, 0.05) is 25.7 Å². The molecule has 4 nitrogen and oxygen atoms in total. The number of fused-ring (bicyclic) bond motifs is 1. The zero-order valence-electron chi connectivity index (χ0n) is 13.4. The van der Waals surface area contributed by atoms with Gasteiger partial charge in [-0.25, -0.2) is 4.98 Å². The van der Waals surface area contributed by atoms with Crippen molar-refractivity contribution in [3.63, 3.8) is 0 Å². The molecule has 1 aromatic carbocycles. The molecule has 4 heteroatoms. The molecule has 23 heavy (non-hydrogen) atoms. The highest BCUT2D eigenvalue weighted by molar-refractivity contribution is 5.94. The predicted molar refractivity (Wildman–Crippen MR) is 89.9 cm³/mol. The minimum absolute atomic E-state index is 0.163. The number of hydrogen-bond donors (Lipinski definition) is 0. The van der Waals surface area contributed by atoms with Gasteiger partial charge in [0.05, 0.1) is 18.2 Å². The van der Waals surface area contributed by atoms with Crippen LogP contribution in [0.4, 0.5) is 0 Å². The molecule has 0 saturated carbocycles. The van der Waals surface area contributed by atoms with Crippen molar-refractivity contribution in [3.05, 3.63) is 54.5 Å². The summed E-state index contributed by atoms with van der Waals surface area (Å²) in [5.41, 5.74) is 2.92. The summed E-state index contributed by atoms with van der Waals surface area (Å²) in [6, 6.07) is 7.89. The lowest BCUT2D eigenvalue weighted by atomic mass is 9.86. The molecule has 2 aromatic rings. The minimum Gasteiger partial charge on any atom is -0.338 e. The van der Waals surface area contributed by atoms with Crippen LogP contribution in [0.15, 0.2) is 48.9 Å². The number of nitrogens with zero attached hydrogens (tertiary/aromatic N) is 3. The molecule has 0 bridgehead atoms. The van der Waals surface area contributed by atoms with E-state index in [0.717, 1.165) is 42.8 Å². The van der Waals surface area contributed by atoms with Crippen molar-refractivity contribution >= 4 is 5.91 Å². The molecule has 1 fully saturated rings. The Morgan fingerprint density at radius 3 is 2.30 bits per heavy atom. The van der Waals surface area contributed by atoms with E-state index < -0.39 is 0 Å². The molecular formula is C19H21N3O. The lowest BCUT2D eigenvalue weighted by Gasteiger charge is -2.17. The normalized spacial score (nSPS) is 23.1. The van der Waals surface area contributed by atoms with Crippen molar-refractivity contribution in [1.82, 2.24) is 14.5 Å². The van der Waals surface area contributed by atoms with Gasteiger partial charge in [-0.15, -0.1) is 0 Å². The monoisotopic (exact) mass is 307 g/mol. The fraction of sp³-hybridized carbons (Fsp3) is 0.368. The summed E-state index contributed by atoms with van der Waals surface area (Å²) in [5, 5.41) is 0. The fourth-order valence-corrected chi connectivity index (χ4v) is 3.78. The highest BCUT2D eigenvalue weighted by atomic mass is 16.2. The first kappa shape index (κ1) is 14.2. The average Bonchev–Trinajstić information content (AvgIpc) is 3.20. The first-order chi connectivity index (χ1) is 11.2. The van der Waals surface area contributed by atoms with Crippen LogP contribution in [0.3, 0.4) is 0 Å². The van der Waals surface area contributed by atoms with Crippen LogP contribution in [0.1, 0.15) is 23.2 Å². The van der Waals surface area contributed by atoms with E-state index in [1.54, 1.807) is 6.33 Å². The van der Waals surface area contributed by atoms with Gasteiger partial charge in [0.25, 0.3) is 5.91 Å². The summed E-state index contributed by atoms with van der Waals surface area (Å²) in [6.45, 7) is 1.80. The second-order valence-corrected chi connectivity index (χ2v) is 6.64. The maximum atomic E-state index is 12.7. The zero-order valence-corrected chi connectivity index (χ0v) is 13.4. The van der Waals surface area contributed by atoms with Crippen LogP contribution in [-0.4, -0.2) is 33.4 Å².